The minimum atomic E-state index is -1.28. The van der Waals surface area contributed by atoms with Crippen LogP contribution in [0.25, 0.3) is 0 Å². The number of para-hydroxylation sites is 1. The molecule has 0 aliphatic rings. The van der Waals surface area contributed by atoms with E-state index in [2.05, 4.69) is 5.32 Å². The molecule has 20 heavy (non-hydrogen) atoms. The average Bonchev–Trinajstić information content (AvgIpc) is 2.39. The van der Waals surface area contributed by atoms with Gasteiger partial charge in [-0.2, -0.15) is 0 Å². The lowest BCUT2D eigenvalue weighted by molar-refractivity contribution is 0.0698. The first-order valence-electron chi connectivity index (χ1n) is 5.63. The van der Waals surface area contributed by atoms with Gasteiger partial charge in [-0.3, -0.25) is 5.32 Å². The standard InChI is InChI=1S/C14H10FNO4/c15-9-6-7-11(13(17)18)12(8-9)16-14(19)20-10-4-2-1-3-5-10/h1-8H,(H,16,19)(H,17,18). The molecular formula is C14H10FNO4. The predicted molar refractivity (Wildman–Crippen MR) is 69.4 cm³/mol. The highest BCUT2D eigenvalue weighted by Gasteiger charge is 2.14. The second kappa shape index (κ2) is 5.83. The molecular weight excluding hydrogens is 265 g/mol. The number of carboxylic acid groups (broad SMARTS) is 1. The predicted octanol–water partition coefficient (Wildman–Crippen LogP) is 3.13. The quantitative estimate of drug-likeness (QED) is 0.902. The molecule has 0 saturated heterocycles. The van der Waals surface area contributed by atoms with Gasteiger partial charge in [0.1, 0.15) is 11.6 Å². The van der Waals surface area contributed by atoms with Crippen molar-refractivity contribution in [2.45, 2.75) is 0 Å². The Morgan fingerprint density at radius 1 is 1.10 bits per heavy atom. The molecule has 0 unspecified atom stereocenters. The summed E-state index contributed by atoms with van der Waals surface area (Å²) in [5, 5.41) is 11.1. The number of rotatable bonds is 3. The van der Waals surface area contributed by atoms with E-state index < -0.39 is 17.9 Å². The molecule has 0 aliphatic heterocycles. The summed E-state index contributed by atoms with van der Waals surface area (Å²) in [6, 6.07) is 11.2. The maximum Gasteiger partial charge on any atom is 0.417 e. The topological polar surface area (TPSA) is 75.6 Å². The van der Waals surface area contributed by atoms with Crippen LogP contribution in [0.15, 0.2) is 48.5 Å². The molecule has 6 heteroatoms. The summed E-state index contributed by atoms with van der Waals surface area (Å²) in [4.78, 5) is 22.6. The van der Waals surface area contributed by atoms with E-state index in [1.165, 1.54) is 0 Å². The van der Waals surface area contributed by atoms with E-state index in [0.717, 1.165) is 18.2 Å². The highest BCUT2D eigenvalue weighted by molar-refractivity contribution is 5.99. The average molecular weight is 275 g/mol. The molecule has 102 valence electrons. The van der Waals surface area contributed by atoms with Gasteiger partial charge in [0, 0.05) is 0 Å². The van der Waals surface area contributed by atoms with Crippen molar-refractivity contribution in [1.82, 2.24) is 0 Å². The smallest absolute Gasteiger partial charge is 0.417 e. The molecule has 2 aromatic rings. The molecule has 0 radical (unpaired) electrons. The maximum atomic E-state index is 13.1. The number of halogens is 1. The Kier molecular flexibility index (Phi) is 3.95. The number of hydrogen-bond donors (Lipinski definition) is 2. The van der Waals surface area contributed by atoms with Crippen LogP contribution in [0.3, 0.4) is 0 Å². The Bertz CT molecular complexity index is 643. The van der Waals surface area contributed by atoms with Crippen molar-refractivity contribution >= 4 is 17.7 Å². The Morgan fingerprint density at radius 2 is 1.80 bits per heavy atom. The molecule has 0 aliphatic carbocycles. The van der Waals surface area contributed by atoms with Crippen LogP contribution in [0.4, 0.5) is 14.9 Å². The van der Waals surface area contributed by atoms with E-state index in [-0.39, 0.29) is 11.3 Å². The number of anilines is 1. The van der Waals surface area contributed by atoms with Gasteiger partial charge in [-0.05, 0) is 30.3 Å². The molecule has 1 amide bonds. The molecule has 0 saturated carbocycles. The Morgan fingerprint density at radius 3 is 2.45 bits per heavy atom. The van der Waals surface area contributed by atoms with Crippen molar-refractivity contribution in [3.8, 4) is 5.75 Å². The summed E-state index contributed by atoms with van der Waals surface area (Å²) in [5.74, 6) is -1.65. The molecule has 0 aromatic heterocycles. The third-order valence-corrected chi connectivity index (χ3v) is 2.40. The number of ether oxygens (including phenoxy) is 1. The summed E-state index contributed by atoms with van der Waals surface area (Å²) in [7, 11) is 0. The number of aromatic carboxylic acids is 1. The van der Waals surface area contributed by atoms with Crippen molar-refractivity contribution in [2.24, 2.45) is 0 Å². The number of amides is 1. The minimum Gasteiger partial charge on any atom is -0.478 e. The van der Waals surface area contributed by atoms with E-state index in [1.807, 2.05) is 0 Å². The van der Waals surface area contributed by atoms with Crippen molar-refractivity contribution in [3.63, 3.8) is 0 Å². The van der Waals surface area contributed by atoms with Crippen LogP contribution in [-0.2, 0) is 0 Å². The van der Waals surface area contributed by atoms with Crippen LogP contribution in [-0.4, -0.2) is 17.2 Å². The number of carbonyl (C=O) groups excluding carboxylic acids is 1. The molecule has 5 nitrogen and oxygen atoms in total. The fourth-order valence-corrected chi connectivity index (χ4v) is 1.54. The SMILES string of the molecule is O=C(Nc1cc(F)ccc1C(=O)O)Oc1ccccc1. The summed E-state index contributed by atoms with van der Waals surface area (Å²) >= 11 is 0. The molecule has 2 rings (SSSR count). The second-order valence-corrected chi connectivity index (χ2v) is 3.82. The lowest BCUT2D eigenvalue weighted by Crippen LogP contribution is -2.18. The number of nitrogens with one attached hydrogen (secondary N) is 1. The van der Waals surface area contributed by atoms with Crippen molar-refractivity contribution in [3.05, 3.63) is 59.9 Å². The van der Waals surface area contributed by atoms with Gasteiger partial charge in [0.05, 0.1) is 11.3 Å². The zero-order valence-corrected chi connectivity index (χ0v) is 10.2. The van der Waals surface area contributed by atoms with Crippen LogP contribution in [0.1, 0.15) is 10.4 Å². The summed E-state index contributed by atoms with van der Waals surface area (Å²) < 4.78 is 18.0. The van der Waals surface area contributed by atoms with E-state index in [1.54, 1.807) is 30.3 Å². The third-order valence-electron chi connectivity index (χ3n) is 2.40. The lowest BCUT2D eigenvalue weighted by Gasteiger charge is -2.09. The van der Waals surface area contributed by atoms with Gasteiger partial charge in [-0.25, -0.2) is 14.0 Å². The fourth-order valence-electron chi connectivity index (χ4n) is 1.54. The minimum absolute atomic E-state index is 0.168. The fraction of sp³-hybridized carbons (Fsp3) is 0. The van der Waals surface area contributed by atoms with E-state index in [9.17, 15) is 14.0 Å². The molecule has 0 heterocycles. The molecule has 2 N–H and O–H groups in total. The summed E-state index contributed by atoms with van der Waals surface area (Å²) in [6.45, 7) is 0. The monoisotopic (exact) mass is 275 g/mol. The molecule has 2 aromatic carbocycles. The highest BCUT2D eigenvalue weighted by Crippen LogP contribution is 2.18. The van der Waals surface area contributed by atoms with Crippen LogP contribution in [0.5, 0.6) is 5.75 Å². The van der Waals surface area contributed by atoms with Crippen LogP contribution in [0.2, 0.25) is 0 Å². The van der Waals surface area contributed by atoms with Crippen LogP contribution < -0.4 is 10.1 Å². The van der Waals surface area contributed by atoms with Gasteiger partial charge in [0.2, 0.25) is 0 Å². The largest absolute Gasteiger partial charge is 0.478 e. The number of benzene rings is 2. The molecule has 0 atom stereocenters. The zero-order chi connectivity index (χ0) is 14.5. The number of hydrogen-bond acceptors (Lipinski definition) is 3. The molecule has 0 fully saturated rings. The highest BCUT2D eigenvalue weighted by atomic mass is 19.1. The van der Waals surface area contributed by atoms with Gasteiger partial charge >= 0.3 is 12.1 Å². The molecule has 0 spiro atoms. The van der Waals surface area contributed by atoms with Gasteiger partial charge in [-0.15, -0.1) is 0 Å². The first-order chi connectivity index (χ1) is 9.56. The van der Waals surface area contributed by atoms with Crippen molar-refractivity contribution in [1.29, 1.82) is 0 Å². The second-order valence-electron chi connectivity index (χ2n) is 3.82. The normalized spacial score (nSPS) is 9.85. The van der Waals surface area contributed by atoms with E-state index in [4.69, 9.17) is 9.84 Å². The molecule has 0 bridgehead atoms. The Hall–Kier alpha value is -2.89. The third kappa shape index (κ3) is 3.32. The van der Waals surface area contributed by atoms with Gasteiger partial charge in [0.25, 0.3) is 0 Å². The van der Waals surface area contributed by atoms with E-state index in [0.29, 0.717) is 5.75 Å². The van der Waals surface area contributed by atoms with Gasteiger partial charge < -0.3 is 9.84 Å². The lowest BCUT2D eigenvalue weighted by atomic mass is 10.2. The Labute approximate surface area is 113 Å². The van der Waals surface area contributed by atoms with E-state index >= 15 is 0 Å². The number of carboxylic acids is 1. The first kappa shape index (κ1) is 13.5. The Balaban J connectivity index is 2.15. The number of carbonyl (C=O) groups is 2. The van der Waals surface area contributed by atoms with Gasteiger partial charge in [0.15, 0.2) is 0 Å². The first-order valence-corrected chi connectivity index (χ1v) is 5.63. The van der Waals surface area contributed by atoms with Gasteiger partial charge in [-0.1, -0.05) is 18.2 Å². The van der Waals surface area contributed by atoms with Crippen LogP contribution >= 0.6 is 0 Å². The summed E-state index contributed by atoms with van der Waals surface area (Å²) in [6.07, 6.45) is -0.899. The van der Waals surface area contributed by atoms with Crippen molar-refractivity contribution in [2.75, 3.05) is 5.32 Å². The summed E-state index contributed by atoms with van der Waals surface area (Å²) in [5.41, 5.74) is -0.394. The zero-order valence-electron chi connectivity index (χ0n) is 10.2. The van der Waals surface area contributed by atoms with Crippen LogP contribution in [0, 0.1) is 5.82 Å². The van der Waals surface area contributed by atoms with Crippen molar-refractivity contribution < 1.29 is 23.8 Å². The maximum absolute atomic E-state index is 13.1.